The van der Waals surface area contributed by atoms with Crippen molar-refractivity contribution in [1.82, 2.24) is 0 Å². The summed E-state index contributed by atoms with van der Waals surface area (Å²) in [6.07, 6.45) is 2.80. The van der Waals surface area contributed by atoms with Gasteiger partial charge in [-0.3, -0.25) is 4.55 Å². The van der Waals surface area contributed by atoms with Crippen LogP contribution in [-0.2, 0) is 35.8 Å². The average Bonchev–Trinajstić information content (AvgIpc) is 2.34. The zero-order valence-electron chi connectivity index (χ0n) is 11.6. The molecular formula is C14H22O3S. The topological polar surface area (TPSA) is 54.4 Å². The smallest absolute Gasteiger partial charge is 0.282 e. The molecule has 0 heterocycles. The monoisotopic (exact) mass is 270 g/mol. The van der Waals surface area contributed by atoms with Crippen molar-refractivity contribution in [2.24, 2.45) is 0 Å². The van der Waals surface area contributed by atoms with E-state index in [0.717, 1.165) is 35.1 Å². The normalized spacial score (nSPS) is 11.8. The van der Waals surface area contributed by atoms with Crippen LogP contribution in [-0.4, -0.2) is 13.0 Å². The van der Waals surface area contributed by atoms with Crippen LogP contribution in [0.1, 0.15) is 49.9 Å². The molecule has 102 valence electrons. The summed E-state index contributed by atoms with van der Waals surface area (Å²) < 4.78 is 32.9. The van der Waals surface area contributed by atoms with Gasteiger partial charge in [-0.1, -0.05) is 33.8 Å². The molecule has 18 heavy (non-hydrogen) atoms. The molecule has 0 aromatic heterocycles. The summed E-state index contributed by atoms with van der Waals surface area (Å²) in [6.45, 7) is 7.86. The number of benzene rings is 1. The molecule has 0 bridgehead atoms. The summed E-state index contributed by atoms with van der Waals surface area (Å²) in [7, 11) is -4.15. The first-order chi connectivity index (χ1) is 8.40. The highest BCUT2D eigenvalue weighted by molar-refractivity contribution is 7.86. The maximum atomic E-state index is 11.7. The van der Waals surface area contributed by atoms with Gasteiger partial charge in [-0.2, -0.15) is 8.42 Å². The van der Waals surface area contributed by atoms with E-state index >= 15 is 0 Å². The molecule has 1 N–H and O–H groups in total. The minimum Gasteiger partial charge on any atom is -0.282 e. The zero-order chi connectivity index (χ0) is 13.9. The van der Waals surface area contributed by atoms with Gasteiger partial charge in [0.2, 0.25) is 0 Å². The zero-order valence-corrected chi connectivity index (χ0v) is 12.4. The molecule has 0 aliphatic carbocycles. The standard InChI is InChI=1S/C14H22O3S/c1-5-10-9-11(6-2)13(8-4)14(12(10)7-3)18(15,16)17/h9H,5-8H2,1-4H3,(H,15,16,17). The first-order valence-corrected chi connectivity index (χ1v) is 7.98. The van der Waals surface area contributed by atoms with Gasteiger partial charge in [-0.25, -0.2) is 0 Å². The molecule has 0 fully saturated rings. The van der Waals surface area contributed by atoms with Crippen molar-refractivity contribution in [3.8, 4) is 0 Å². The maximum absolute atomic E-state index is 11.7. The molecule has 0 spiro atoms. The second-order valence-corrected chi connectivity index (χ2v) is 5.73. The van der Waals surface area contributed by atoms with Gasteiger partial charge in [-0.05, 0) is 47.9 Å². The molecule has 0 unspecified atom stereocenters. The van der Waals surface area contributed by atoms with Gasteiger partial charge < -0.3 is 0 Å². The lowest BCUT2D eigenvalue weighted by molar-refractivity contribution is 0.480. The lowest BCUT2D eigenvalue weighted by atomic mass is 9.93. The Kier molecular flexibility index (Phi) is 4.93. The van der Waals surface area contributed by atoms with Crippen LogP contribution < -0.4 is 0 Å². The molecule has 0 radical (unpaired) electrons. The van der Waals surface area contributed by atoms with Crippen LogP contribution in [0.25, 0.3) is 0 Å². The lowest BCUT2D eigenvalue weighted by Gasteiger charge is -2.18. The van der Waals surface area contributed by atoms with Crippen molar-refractivity contribution >= 4 is 10.1 Å². The Balaban J connectivity index is 3.80. The van der Waals surface area contributed by atoms with Gasteiger partial charge >= 0.3 is 0 Å². The number of aryl methyl sites for hydroxylation is 2. The van der Waals surface area contributed by atoms with E-state index in [-0.39, 0.29) is 4.90 Å². The summed E-state index contributed by atoms with van der Waals surface area (Å²) in [4.78, 5) is 0.156. The fourth-order valence-corrected chi connectivity index (χ4v) is 3.75. The molecule has 0 saturated carbocycles. The summed E-state index contributed by atoms with van der Waals surface area (Å²) in [5.41, 5.74) is 3.60. The quantitative estimate of drug-likeness (QED) is 0.836. The first kappa shape index (κ1) is 15.2. The van der Waals surface area contributed by atoms with Gasteiger partial charge in [0, 0.05) is 0 Å². The van der Waals surface area contributed by atoms with Crippen molar-refractivity contribution in [2.75, 3.05) is 0 Å². The molecule has 0 aliphatic rings. The van der Waals surface area contributed by atoms with Crippen LogP contribution in [0.2, 0.25) is 0 Å². The summed E-state index contributed by atoms with van der Waals surface area (Å²) >= 11 is 0. The van der Waals surface area contributed by atoms with E-state index in [0.29, 0.717) is 12.8 Å². The van der Waals surface area contributed by atoms with Crippen molar-refractivity contribution < 1.29 is 13.0 Å². The Bertz CT molecular complexity index is 500. The highest BCUT2D eigenvalue weighted by Gasteiger charge is 2.23. The Labute approximate surface area is 110 Å². The summed E-state index contributed by atoms with van der Waals surface area (Å²) in [5.74, 6) is 0. The van der Waals surface area contributed by atoms with Crippen molar-refractivity contribution in [2.45, 2.75) is 58.3 Å². The Morgan fingerprint density at radius 3 is 1.50 bits per heavy atom. The molecule has 0 atom stereocenters. The van der Waals surface area contributed by atoms with Crippen LogP contribution in [0.15, 0.2) is 11.0 Å². The molecule has 0 saturated heterocycles. The second-order valence-electron chi connectivity index (χ2n) is 4.37. The van der Waals surface area contributed by atoms with E-state index in [9.17, 15) is 13.0 Å². The number of hydrogen-bond donors (Lipinski definition) is 1. The first-order valence-electron chi connectivity index (χ1n) is 6.54. The fraction of sp³-hybridized carbons (Fsp3) is 0.571. The Morgan fingerprint density at radius 1 is 0.889 bits per heavy atom. The molecule has 3 nitrogen and oxygen atoms in total. The third kappa shape index (κ3) is 2.75. The Hall–Kier alpha value is -0.870. The van der Waals surface area contributed by atoms with Crippen molar-refractivity contribution in [1.29, 1.82) is 0 Å². The summed E-state index contributed by atoms with van der Waals surface area (Å²) in [5, 5.41) is 0. The van der Waals surface area contributed by atoms with Gasteiger partial charge in [0.05, 0.1) is 0 Å². The highest BCUT2D eigenvalue weighted by atomic mass is 32.2. The van der Waals surface area contributed by atoms with E-state index in [4.69, 9.17) is 0 Å². The molecule has 1 aromatic carbocycles. The van der Waals surface area contributed by atoms with E-state index in [1.807, 2.05) is 27.7 Å². The minimum atomic E-state index is -4.15. The predicted octanol–water partition coefficient (Wildman–Crippen LogP) is 3.18. The largest absolute Gasteiger partial charge is 0.295 e. The van der Waals surface area contributed by atoms with Gasteiger partial charge in [0.25, 0.3) is 10.1 Å². The van der Waals surface area contributed by atoms with E-state index < -0.39 is 10.1 Å². The van der Waals surface area contributed by atoms with Gasteiger partial charge in [-0.15, -0.1) is 0 Å². The van der Waals surface area contributed by atoms with E-state index in [2.05, 4.69) is 6.07 Å². The number of rotatable bonds is 5. The average molecular weight is 270 g/mol. The highest BCUT2D eigenvalue weighted by Crippen LogP contribution is 2.29. The van der Waals surface area contributed by atoms with Crippen molar-refractivity contribution in [3.63, 3.8) is 0 Å². The van der Waals surface area contributed by atoms with E-state index in [1.165, 1.54) is 0 Å². The molecule has 1 rings (SSSR count). The fourth-order valence-electron chi connectivity index (χ4n) is 2.58. The third-order valence-corrected chi connectivity index (χ3v) is 4.41. The third-order valence-electron chi connectivity index (χ3n) is 3.40. The Morgan fingerprint density at radius 2 is 1.28 bits per heavy atom. The molecule has 1 aromatic rings. The molecule has 0 amide bonds. The lowest BCUT2D eigenvalue weighted by Crippen LogP contribution is -2.12. The maximum Gasteiger partial charge on any atom is 0.295 e. The number of hydrogen-bond acceptors (Lipinski definition) is 2. The van der Waals surface area contributed by atoms with Gasteiger partial charge in [0.15, 0.2) is 0 Å². The van der Waals surface area contributed by atoms with Crippen LogP contribution in [0.3, 0.4) is 0 Å². The minimum absolute atomic E-state index is 0.156. The van der Waals surface area contributed by atoms with Crippen LogP contribution in [0.4, 0.5) is 0 Å². The molecular weight excluding hydrogens is 248 g/mol. The summed E-state index contributed by atoms with van der Waals surface area (Å²) in [6, 6.07) is 2.09. The molecule has 4 heteroatoms. The molecule has 0 aliphatic heterocycles. The SMILES string of the molecule is CCc1cc(CC)c(CC)c(S(=O)(=O)O)c1CC. The van der Waals surface area contributed by atoms with Crippen LogP contribution in [0.5, 0.6) is 0 Å². The predicted molar refractivity (Wildman–Crippen MR) is 73.8 cm³/mol. The van der Waals surface area contributed by atoms with Gasteiger partial charge in [0.1, 0.15) is 4.90 Å². The van der Waals surface area contributed by atoms with Crippen molar-refractivity contribution in [3.05, 3.63) is 28.3 Å². The second kappa shape index (κ2) is 5.85. The van der Waals surface area contributed by atoms with Crippen LogP contribution >= 0.6 is 0 Å². The van der Waals surface area contributed by atoms with Crippen LogP contribution in [0, 0.1) is 0 Å². The van der Waals surface area contributed by atoms with E-state index in [1.54, 1.807) is 0 Å².